The highest BCUT2D eigenvalue weighted by atomic mass is 35.5. The molecule has 0 fully saturated rings. The van der Waals surface area contributed by atoms with E-state index in [-0.39, 0.29) is 11.1 Å². The van der Waals surface area contributed by atoms with Gasteiger partial charge in [-0.1, -0.05) is 41.4 Å². The van der Waals surface area contributed by atoms with Gasteiger partial charge in [0.25, 0.3) is 5.91 Å². The normalized spacial score (nSPS) is 14.1. The van der Waals surface area contributed by atoms with E-state index in [1.165, 1.54) is 0 Å². The zero-order valence-corrected chi connectivity index (χ0v) is 13.2. The maximum absolute atomic E-state index is 12.6. The van der Waals surface area contributed by atoms with Crippen molar-refractivity contribution in [1.29, 1.82) is 0 Å². The third kappa shape index (κ3) is 2.98. The topological polar surface area (TPSA) is 45.6 Å². The summed E-state index contributed by atoms with van der Waals surface area (Å²) in [6, 6.07) is 10.9. The number of benzene rings is 1. The molecule has 0 radical (unpaired) electrons. The van der Waals surface area contributed by atoms with Crippen molar-refractivity contribution >= 4 is 34.9 Å². The summed E-state index contributed by atoms with van der Waals surface area (Å²) in [7, 11) is 0. The van der Waals surface area contributed by atoms with Gasteiger partial charge < -0.3 is 0 Å². The molecule has 1 aromatic carbocycles. The summed E-state index contributed by atoms with van der Waals surface area (Å²) >= 11 is 12.2. The smallest absolute Gasteiger partial charge is 0.262 e. The Bertz CT molecular complexity index is 746. The predicted molar refractivity (Wildman–Crippen MR) is 87.7 cm³/mol. The van der Waals surface area contributed by atoms with Gasteiger partial charge in [-0.2, -0.15) is 0 Å². The van der Waals surface area contributed by atoms with Crippen LogP contribution in [0.1, 0.15) is 15.9 Å². The summed E-state index contributed by atoms with van der Waals surface area (Å²) in [5.74, 6) is 0.527. The number of amidine groups is 1. The first-order chi connectivity index (χ1) is 10.7. The Morgan fingerprint density at radius 3 is 2.77 bits per heavy atom. The molecule has 1 aliphatic heterocycles. The first kappa shape index (κ1) is 15.0. The lowest BCUT2D eigenvalue weighted by Crippen LogP contribution is -2.35. The van der Waals surface area contributed by atoms with Gasteiger partial charge in [0.15, 0.2) is 0 Å². The average molecular weight is 334 g/mol. The molecule has 2 heterocycles. The molecule has 1 amide bonds. The lowest BCUT2D eigenvalue weighted by molar-refractivity contribution is 0.0856. The summed E-state index contributed by atoms with van der Waals surface area (Å²) in [5.41, 5.74) is 1.33. The fraction of sp³-hybridized carbons (Fsp3) is 0.188. The molecular formula is C16H13Cl2N3O. The molecule has 1 aromatic heterocycles. The molecule has 0 spiro atoms. The molecular weight excluding hydrogens is 321 g/mol. The molecule has 0 aliphatic carbocycles. The maximum atomic E-state index is 12.6. The monoisotopic (exact) mass is 333 g/mol. The Labute approximate surface area is 138 Å². The third-order valence-corrected chi connectivity index (χ3v) is 4.14. The number of aliphatic imine (C=N–C) groups is 1. The highest BCUT2D eigenvalue weighted by Crippen LogP contribution is 2.21. The number of halogens is 2. The lowest BCUT2D eigenvalue weighted by atomic mass is 10.1. The van der Waals surface area contributed by atoms with Crippen LogP contribution in [0.4, 0.5) is 0 Å². The van der Waals surface area contributed by atoms with Crippen LogP contribution in [0, 0.1) is 0 Å². The van der Waals surface area contributed by atoms with E-state index in [0.29, 0.717) is 35.9 Å². The van der Waals surface area contributed by atoms with Crippen molar-refractivity contribution in [2.75, 3.05) is 13.1 Å². The van der Waals surface area contributed by atoms with Gasteiger partial charge in [-0.25, -0.2) is 4.98 Å². The van der Waals surface area contributed by atoms with Crippen LogP contribution in [0.5, 0.6) is 0 Å². The van der Waals surface area contributed by atoms with Crippen molar-refractivity contribution < 1.29 is 4.79 Å². The average Bonchev–Trinajstić information content (AvgIpc) is 2.98. The van der Waals surface area contributed by atoms with Gasteiger partial charge in [0.05, 0.1) is 12.1 Å². The number of hydrogen-bond acceptors (Lipinski definition) is 3. The van der Waals surface area contributed by atoms with E-state index in [9.17, 15) is 4.79 Å². The quantitative estimate of drug-likeness (QED) is 0.807. The van der Waals surface area contributed by atoms with E-state index < -0.39 is 0 Å². The zero-order chi connectivity index (χ0) is 15.5. The number of hydrogen-bond donors (Lipinski definition) is 0. The van der Waals surface area contributed by atoms with Gasteiger partial charge in [-0.15, -0.1) is 0 Å². The van der Waals surface area contributed by atoms with Crippen LogP contribution >= 0.6 is 23.2 Å². The fourth-order valence-electron chi connectivity index (χ4n) is 2.37. The minimum absolute atomic E-state index is 0.179. The zero-order valence-electron chi connectivity index (χ0n) is 11.7. The number of amides is 1. The first-order valence-corrected chi connectivity index (χ1v) is 7.61. The van der Waals surface area contributed by atoms with Crippen molar-refractivity contribution in [3.05, 3.63) is 63.9 Å². The van der Waals surface area contributed by atoms with Crippen LogP contribution < -0.4 is 0 Å². The molecule has 4 nitrogen and oxygen atoms in total. The molecule has 0 atom stereocenters. The molecule has 2 aromatic rings. The van der Waals surface area contributed by atoms with Crippen LogP contribution in [-0.2, 0) is 6.42 Å². The highest BCUT2D eigenvalue weighted by Gasteiger charge is 2.26. The Morgan fingerprint density at radius 2 is 2.00 bits per heavy atom. The third-order valence-electron chi connectivity index (χ3n) is 3.47. The molecule has 112 valence electrons. The fourth-order valence-corrected chi connectivity index (χ4v) is 2.77. The largest absolute Gasteiger partial charge is 0.294 e. The standard InChI is InChI=1S/C16H13Cl2N3O/c17-13-6-2-1-4-11(13)10-14-19-8-9-21(14)16(22)12-5-3-7-20-15(12)18/h1-7H,8-10H2. The molecule has 22 heavy (non-hydrogen) atoms. The van der Waals surface area contributed by atoms with E-state index >= 15 is 0 Å². The van der Waals surface area contributed by atoms with Gasteiger partial charge in [-0.3, -0.25) is 14.7 Å². The van der Waals surface area contributed by atoms with Crippen molar-refractivity contribution in [2.24, 2.45) is 4.99 Å². The van der Waals surface area contributed by atoms with Gasteiger partial charge >= 0.3 is 0 Å². The second kappa shape index (κ2) is 6.46. The maximum Gasteiger partial charge on any atom is 0.262 e. The van der Waals surface area contributed by atoms with Gasteiger partial charge in [0.1, 0.15) is 11.0 Å². The highest BCUT2D eigenvalue weighted by molar-refractivity contribution is 6.33. The van der Waals surface area contributed by atoms with E-state index in [0.717, 1.165) is 5.56 Å². The van der Waals surface area contributed by atoms with Crippen LogP contribution in [0.25, 0.3) is 0 Å². The van der Waals surface area contributed by atoms with Gasteiger partial charge in [-0.05, 0) is 23.8 Å². The van der Waals surface area contributed by atoms with E-state index in [1.54, 1.807) is 23.2 Å². The molecule has 0 bridgehead atoms. The van der Waals surface area contributed by atoms with E-state index in [1.807, 2.05) is 24.3 Å². The summed E-state index contributed by atoms with van der Waals surface area (Å²) in [5, 5.41) is 0.875. The van der Waals surface area contributed by atoms with Crippen molar-refractivity contribution in [1.82, 2.24) is 9.88 Å². The van der Waals surface area contributed by atoms with Gasteiger partial charge in [0.2, 0.25) is 0 Å². The Kier molecular flexibility index (Phi) is 4.41. The minimum Gasteiger partial charge on any atom is -0.294 e. The Morgan fingerprint density at radius 1 is 1.18 bits per heavy atom. The van der Waals surface area contributed by atoms with Crippen LogP contribution in [0.3, 0.4) is 0 Å². The molecule has 3 rings (SSSR count). The van der Waals surface area contributed by atoms with Crippen LogP contribution in [-0.4, -0.2) is 34.7 Å². The number of nitrogens with zero attached hydrogens (tertiary/aromatic N) is 3. The number of rotatable bonds is 3. The molecule has 0 unspecified atom stereocenters. The number of pyridine rings is 1. The summed E-state index contributed by atoms with van der Waals surface area (Å²) < 4.78 is 0. The van der Waals surface area contributed by atoms with Crippen molar-refractivity contribution in [2.45, 2.75) is 6.42 Å². The second-order valence-corrected chi connectivity index (χ2v) is 5.63. The van der Waals surface area contributed by atoms with Gasteiger partial charge in [0, 0.05) is 24.2 Å². The summed E-state index contributed by atoms with van der Waals surface area (Å²) in [6.07, 6.45) is 2.07. The molecule has 6 heteroatoms. The number of carbonyl (C=O) groups is 1. The first-order valence-electron chi connectivity index (χ1n) is 6.86. The second-order valence-electron chi connectivity index (χ2n) is 4.86. The van der Waals surface area contributed by atoms with E-state index in [2.05, 4.69) is 9.98 Å². The van der Waals surface area contributed by atoms with Crippen molar-refractivity contribution in [3.63, 3.8) is 0 Å². The summed E-state index contributed by atoms with van der Waals surface area (Å²) in [4.78, 5) is 22.7. The van der Waals surface area contributed by atoms with Crippen LogP contribution in [0.2, 0.25) is 10.2 Å². The minimum atomic E-state index is -0.179. The molecule has 0 saturated carbocycles. The Hall–Kier alpha value is -1.91. The number of carbonyl (C=O) groups excluding carboxylic acids is 1. The number of aromatic nitrogens is 1. The van der Waals surface area contributed by atoms with Crippen molar-refractivity contribution in [3.8, 4) is 0 Å². The lowest BCUT2D eigenvalue weighted by Gasteiger charge is -2.19. The van der Waals surface area contributed by atoms with Crippen LogP contribution in [0.15, 0.2) is 47.6 Å². The molecule has 0 saturated heterocycles. The molecule has 0 N–H and O–H groups in total. The van der Waals surface area contributed by atoms with E-state index in [4.69, 9.17) is 23.2 Å². The Balaban J connectivity index is 1.83. The molecule has 1 aliphatic rings. The predicted octanol–water partition coefficient (Wildman–Crippen LogP) is 3.49. The summed E-state index contributed by atoms with van der Waals surface area (Å²) in [6.45, 7) is 1.13. The SMILES string of the molecule is O=C(c1cccnc1Cl)N1CCN=C1Cc1ccccc1Cl.